The van der Waals surface area contributed by atoms with Crippen molar-refractivity contribution >= 4 is 5.91 Å². The molecule has 0 aromatic heterocycles. The molecule has 0 aromatic rings. The number of hydrogen-bond donors (Lipinski definition) is 5. The zero-order chi connectivity index (χ0) is 10.7. The van der Waals surface area contributed by atoms with Gasteiger partial charge in [-0.05, 0) is 0 Å². The normalized spacial score (nSPS) is 37.1. The van der Waals surface area contributed by atoms with E-state index in [2.05, 4.69) is 10.6 Å². The molecule has 1 heterocycles. The smallest absolute Gasteiger partial charge is 0.216 e. The summed E-state index contributed by atoms with van der Waals surface area (Å²) in [6.45, 7) is 1.38. The van der Waals surface area contributed by atoms with Gasteiger partial charge in [-0.2, -0.15) is 0 Å². The topological polar surface area (TPSA) is 102 Å². The van der Waals surface area contributed by atoms with Crippen LogP contribution in [0.15, 0.2) is 0 Å². The Hall–Kier alpha value is -0.690. The summed E-state index contributed by atoms with van der Waals surface area (Å²) in [5, 5.41) is 33.1. The Balaban J connectivity index is 2.44. The molecule has 6 nitrogen and oxygen atoms in total. The molecule has 0 radical (unpaired) electrons. The van der Waals surface area contributed by atoms with Crippen LogP contribution in [0.1, 0.15) is 6.92 Å². The first-order valence-electron chi connectivity index (χ1n) is 4.53. The van der Waals surface area contributed by atoms with Crippen molar-refractivity contribution in [1.82, 2.24) is 10.6 Å². The molecule has 0 bridgehead atoms. The molecule has 5 N–H and O–H groups in total. The van der Waals surface area contributed by atoms with Crippen molar-refractivity contribution in [2.75, 3.05) is 13.2 Å². The zero-order valence-corrected chi connectivity index (χ0v) is 7.97. The van der Waals surface area contributed by atoms with Crippen molar-refractivity contribution in [3.8, 4) is 0 Å². The summed E-state index contributed by atoms with van der Waals surface area (Å²) >= 11 is 0. The third-order valence-corrected chi connectivity index (χ3v) is 2.37. The fourth-order valence-electron chi connectivity index (χ4n) is 1.54. The van der Waals surface area contributed by atoms with Gasteiger partial charge in [-0.25, -0.2) is 0 Å². The molecule has 1 aliphatic heterocycles. The van der Waals surface area contributed by atoms with E-state index in [9.17, 15) is 15.0 Å². The number of rotatable bonds is 3. The molecule has 14 heavy (non-hydrogen) atoms. The standard InChI is InChI=1S/C8H16N2O4/c1-4(12)9-2-5-7(13)8(14)6(3-11)10-5/h5-8,10-11,13-14H,2-3H2,1H3,(H,9,12)/t5-,6+,7+,8+/m0/s1. The highest BCUT2D eigenvalue weighted by Gasteiger charge is 2.40. The summed E-state index contributed by atoms with van der Waals surface area (Å²) in [4.78, 5) is 10.6. The van der Waals surface area contributed by atoms with Crippen LogP contribution in [-0.2, 0) is 4.79 Å². The lowest BCUT2D eigenvalue weighted by atomic mass is 10.1. The SMILES string of the molecule is CC(=O)NC[C@@H]1N[C@H](CO)[C@@H](O)[C@@H]1O. The first-order chi connectivity index (χ1) is 6.56. The second-order valence-electron chi connectivity index (χ2n) is 3.48. The van der Waals surface area contributed by atoms with Gasteiger partial charge in [-0.15, -0.1) is 0 Å². The minimum absolute atomic E-state index is 0.194. The van der Waals surface area contributed by atoms with E-state index in [-0.39, 0.29) is 19.1 Å². The molecule has 0 aliphatic carbocycles. The second kappa shape index (κ2) is 4.70. The van der Waals surface area contributed by atoms with Gasteiger partial charge >= 0.3 is 0 Å². The van der Waals surface area contributed by atoms with Crippen molar-refractivity contribution in [2.45, 2.75) is 31.2 Å². The number of nitrogens with one attached hydrogen (secondary N) is 2. The number of amides is 1. The van der Waals surface area contributed by atoms with E-state index in [1.807, 2.05) is 0 Å². The highest BCUT2D eigenvalue weighted by atomic mass is 16.3. The number of aliphatic hydroxyl groups is 3. The Kier molecular flexibility index (Phi) is 3.82. The van der Waals surface area contributed by atoms with Crippen LogP contribution in [0.4, 0.5) is 0 Å². The van der Waals surface area contributed by atoms with Gasteiger partial charge in [0.1, 0.15) is 0 Å². The van der Waals surface area contributed by atoms with Crippen molar-refractivity contribution < 1.29 is 20.1 Å². The molecule has 6 heteroatoms. The molecule has 1 rings (SSSR count). The molecular formula is C8H16N2O4. The lowest BCUT2D eigenvalue weighted by Gasteiger charge is -2.15. The predicted octanol–water partition coefficient (Wildman–Crippen LogP) is -2.82. The van der Waals surface area contributed by atoms with Gasteiger partial charge in [-0.3, -0.25) is 4.79 Å². The van der Waals surface area contributed by atoms with E-state index in [0.717, 1.165) is 0 Å². The van der Waals surface area contributed by atoms with Crippen LogP contribution in [0, 0.1) is 0 Å². The van der Waals surface area contributed by atoms with E-state index < -0.39 is 24.3 Å². The van der Waals surface area contributed by atoms with E-state index in [1.165, 1.54) is 6.92 Å². The highest BCUT2D eigenvalue weighted by Crippen LogP contribution is 2.13. The van der Waals surface area contributed by atoms with Gasteiger partial charge in [0.2, 0.25) is 5.91 Å². The molecule has 0 spiro atoms. The van der Waals surface area contributed by atoms with Gasteiger partial charge in [-0.1, -0.05) is 0 Å². The summed E-state index contributed by atoms with van der Waals surface area (Å²) in [5.74, 6) is -0.194. The molecule has 82 valence electrons. The maximum absolute atomic E-state index is 10.6. The third kappa shape index (κ3) is 2.42. The fraction of sp³-hybridized carbons (Fsp3) is 0.875. The summed E-state index contributed by atoms with van der Waals surface area (Å²) in [7, 11) is 0. The van der Waals surface area contributed by atoms with Gasteiger partial charge in [0.25, 0.3) is 0 Å². The first kappa shape index (κ1) is 11.4. The number of hydrogen-bond acceptors (Lipinski definition) is 5. The Morgan fingerprint density at radius 3 is 2.36 bits per heavy atom. The largest absolute Gasteiger partial charge is 0.395 e. The molecule has 0 aromatic carbocycles. The molecule has 4 atom stereocenters. The van der Waals surface area contributed by atoms with Crippen molar-refractivity contribution in [3.05, 3.63) is 0 Å². The molecule has 1 aliphatic rings. The molecule has 0 saturated carbocycles. The Morgan fingerprint density at radius 2 is 1.93 bits per heavy atom. The quantitative estimate of drug-likeness (QED) is 0.341. The Bertz CT molecular complexity index is 212. The summed E-state index contributed by atoms with van der Waals surface area (Å²) in [5.41, 5.74) is 0. The molecular weight excluding hydrogens is 188 g/mol. The van der Waals surface area contributed by atoms with Gasteiger partial charge < -0.3 is 26.0 Å². The lowest BCUT2D eigenvalue weighted by molar-refractivity contribution is -0.119. The van der Waals surface area contributed by atoms with Crippen LogP contribution in [0.5, 0.6) is 0 Å². The first-order valence-corrected chi connectivity index (χ1v) is 4.53. The summed E-state index contributed by atoms with van der Waals surface area (Å²) in [6, 6.07) is -0.935. The van der Waals surface area contributed by atoms with Crippen LogP contribution in [0.3, 0.4) is 0 Å². The van der Waals surface area contributed by atoms with Crippen LogP contribution in [-0.4, -0.2) is 58.7 Å². The average Bonchev–Trinajstić information content (AvgIpc) is 2.41. The maximum Gasteiger partial charge on any atom is 0.216 e. The van der Waals surface area contributed by atoms with E-state index >= 15 is 0 Å². The van der Waals surface area contributed by atoms with Crippen LogP contribution in [0.2, 0.25) is 0 Å². The van der Waals surface area contributed by atoms with Crippen LogP contribution >= 0.6 is 0 Å². The summed E-state index contributed by atoms with van der Waals surface area (Å²) in [6.07, 6.45) is -1.95. The second-order valence-corrected chi connectivity index (χ2v) is 3.48. The van der Waals surface area contributed by atoms with E-state index in [0.29, 0.717) is 0 Å². The molecule has 1 fully saturated rings. The maximum atomic E-state index is 10.6. The van der Waals surface area contributed by atoms with Gasteiger partial charge in [0.15, 0.2) is 0 Å². The van der Waals surface area contributed by atoms with E-state index in [4.69, 9.17) is 5.11 Å². The number of carbonyl (C=O) groups is 1. The summed E-state index contributed by atoms with van der Waals surface area (Å²) < 4.78 is 0. The van der Waals surface area contributed by atoms with Crippen molar-refractivity contribution in [2.24, 2.45) is 0 Å². The predicted molar refractivity (Wildman–Crippen MR) is 48.5 cm³/mol. The average molecular weight is 204 g/mol. The lowest BCUT2D eigenvalue weighted by Crippen LogP contribution is -2.43. The van der Waals surface area contributed by atoms with Gasteiger partial charge in [0, 0.05) is 13.5 Å². The Labute approximate surface area is 81.9 Å². The monoisotopic (exact) mass is 204 g/mol. The number of carbonyl (C=O) groups excluding carboxylic acids is 1. The zero-order valence-electron chi connectivity index (χ0n) is 7.97. The molecule has 1 amide bonds. The molecule has 1 saturated heterocycles. The van der Waals surface area contributed by atoms with Gasteiger partial charge in [0.05, 0.1) is 30.9 Å². The molecule has 0 unspecified atom stereocenters. The Morgan fingerprint density at radius 1 is 1.36 bits per heavy atom. The minimum atomic E-state index is -0.987. The van der Waals surface area contributed by atoms with Crippen molar-refractivity contribution in [1.29, 1.82) is 0 Å². The third-order valence-electron chi connectivity index (χ3n) is 2.37. The van der Waals surface area contributed by atoms with E-state index in [1.54, 1.807) is 0 Å². The van der Waals surface area contributed by atoms with Crippen molar-refractivity contribution in [3.63, 3.8) is 0 Å². The minimum Gasteiger partial charge on any atom is -0.395 e. The highest BCUT2D eigenvalue weighted by molar-refractivity contribution is 5.72. The fourth-order valence-corrected chi connectivity index (χ4v) is 1.54. The van der Waals surface area contributed by atoms with Crippen LogP contribution in [0.25, 0.3) is 0 Å². The number of aliphatic hydroxyl groups excluding tert-OH is 3. The van der Waals surface area contributed by atoms with Crippen LogP contribution < -0.4 is 10.6 Å².